The van der Waals surface area contributed by atoms with E-state index in [9.17, 15) is 9.18 Å². The molecule has 22 heavy (non-hydrogen) atoms. The summed E-state index contributed by atoms with van der Waals surface area (Å²) in [5.41, 5.74) is 0.664. The van der Waals surface area contributed by atoms with Crippen molar-refractivity contribution in [2.24, 2.45) is 0 Å². The van der Waals surface area contributed by atoms with Crippen LogP contribution in [-0.2, 0) is 9.53 Å². The molecule has 1 aromatic heterocycles. The SMILES string of the molecule is CCOC(=O)CSc1nc(Cl)cc(Nc2ccc(F)cc2)n1. The molecule has 0 saturated carbocycles. The first-order valence-electron chi connectivity index (χ1n) is 6.42. The number of rotatable bonds is 6. The van der Waals surface area contributed by atoms with Gasteiger partial charge >= 0.3 is 5.97 Å². The van der Waals surface area contributed by atoms with Crippen LogP contribution < -0.4 is 5.32 Å². The van der Waals surface area contributed by atoms with Crippen molar-refractivity contribution >= 4 is 40.8 Å². The van der Waals surface area contributed by atoms with Crippen LogP contribution >= 0.6 is 23.4 Å². The van der Waals surface area contributed by atoms with Crippen molar-refractivity contribution in [3.63, 3.8) is 0 Å². The Morgan fingerprint density at radius 3 is 2.77 bits per heavy atom. The van der Waals surface area contributed by atoms with Crippen LogP contribution in [0.4, 0.5) is 15.9 Å². The van der Waals surface area contributed by atoms with Crippen LogP contribution in [0.3, 0.4) is 0 Å². The van der Waals surface area contributed by atoms with Gasteiger partial charge in [0.15, 0.2) is 5.16 Å². The molecule has 0 unspecified atom stereocenters. The number of aromatic nitrogens is 2. The van der Waals surface area contributed by atoms with Gasteiger partial charge in [-0.3, -0.25) is 4.79 Å². The lowest BCUT2D eigenvalue weighted by Crippen LogP contribution is -2.07. The molecule has 0 amide bonds. The Bertz CT molecular complexity index is 655. The van der Waals surface area contributed by atoms with Gasteiger partial charge in [0.1, 0.15) is 16.8 Å². The van der Waals surface area contributed by atoms with Gasteiger partial charge in [-0.1, -0.05) is 23.4 Å². The molecule has 0 spiro atoms. The van der Waals surface area contributed by atoms with Gasteiger partial charge in [0.25, 0.3) is 0 Å². The van der Waals surface area contributed by atoms with E-state index in [1.165, 1.54) is 12.1 Å². The highest BCUT2D eigenvalue weighted by atomic mass is 35.5. The maximum Gasteiger partial charge on any atom is 0.316 e. The standard InChI is InChI=1S/C14H13ClFN3O2S/c1-2-21-13(20)8-22-14-18-11(15)7-12(19-14)17-10-5-3-9(16)4-6-10/h3-7H,2,8H2,1H3,(H,17,18,19). The molecule has 0 aliphatic heterocycles. The predicted octanol–water partition coefficient (Wildman–Crippen LogP) is 3.67. The van der Waals surface area contributed by atoms with E-state index in [0.717, 1.165) is 11.8 Å². The summed E-state index contributed by atoms with van der Waals surface area (Å²) in [5, 5.41) is 3.59. The second-order valence-corrected chi connectivity index (χ2v) is 5.41. The highest BCUT2D eigenvalue weighted by molar-refractivity contribution is 7.99. The molecule has 0 fully saturated rings. The average Bonchev–Trinajstić information content (AvgIpc) is 2.47. The molecule has 116 valence electrons. The number of carbonyl (C=O) groups is 1. The summed E-state index contributed by atoms with van der Waals surface area (Å²) in [6.45, 7) is 2.07. The predicted molar refractivity (Wildman–Crippen MR) is 84.1 cm³/mol. The highest BCUT2D eigenvalue weighted by Gasteiger charge is 2.08. The van der Waals surface area contributed by atoms with E-state index in [4.69, 9.17) is 16.3 Å². The summed E-state index contributed by atoms with van der Waals surface area (Å²) in [7, 11) is 0. The third kappa shape index (κ3) is 5.16. The number of hydrogen-bond donors (Lipinski definition) is 1. The molecule has 0 aliphatic rings. The van der Waals surface area contributed by atoms with Crippen molar-refractivity contribution < 1.29 is 13.9 Å². The van der Waals surface area contributed by atoms with Crippen molar-refractivity contribution in [2.75, 3.05) is 17.7 Å². The Morgan fingerprint density at radius 1 is 1.36 bits per heavy atom. The van der Waals surface area contributed by atoms with E-state index in [2.05, 4.69) is 15.3 Å². The van der Waals surface area contributed by atoms with E-state index in [1.54, 1.807) is 25.1 Å². The third-order valence-corrected chi connectivity index (χ3v) is 3.43. The molecular weight excluding hydrogens is 329 g/mol. The Hall–Kier alpha value is -1.86. The molecule has 0 aliphatic carbocycles. The number of nitrogens with zero attached hydrogens (tertiary/aromatic N) is 2. The van der Waals surface area contributed by atoms with Crippen LogP contribution in [-0.4, -0.2) is 28.3 Å². The monoisotopic (exact) mass is 341 g/mol. The molecule has 0 saturated heterocycles. The second kappa shape index (κ2) is 7.95. The number of thioether (sulfide) groups is 1. The number of anilines is 2. The van der Waals surface area contributed by atoms with Crippen molar-refractivity contribution in [3.05, 3.63) is 41.3 Å². The zero-order chi connectivity index (χ0) is 15.9. The number of nitrogens with one attached hydrogen (secondary N) is 1. The Morgan fingerprint density at radius 2 is 2.09 bits per heavy atom. The van der Waals surface area contributed by atoms with E-state index in [-0.39, 0.29) is 22.7 Å². The van der Waals surface area contributed by atoms with E-state index in [0.29, 0.717) is 23.3 Å². The number of benzene rings is 1. The molecule has 2 aromatic rings. The Labute approximate surface area is 136 Å². The molecular formula is C14H13ClFN3O2S. The summed E-state index contributed by atoms with van der Waals surface area (Å²) in [6, 6.07) is 7.37. The maximum atomic E-state index is 12.9. The van der Waals surface area contributed by atoms with Crippen molar-refractivity contribution in [3.8, 4) is 0 Å². The lowest BCUT2D eigenvalue weighted by molar-refractivity contribution is -0.139. The van der Waals surface area contributed by atoms with E-state index >= 15 is 0 Å². The maximum absolute atomic E-state index is 12.9. The normalized spacial score (nSPS) is 10.3. The van der Waals surface area contributed by atoms with Crippen LogP contribution in [0.1, 0.15) is 6.92 Å². The zero-order valence-corrected chi connectivity index (χ0v) is 13.2. The van der Waals surface area contributed by atoms with Gasteiger partial charge in [0.05, 0.1) is 12.4 Å². The van der Waals surface area contributed by atoms with Crippen LogP contribution in [0.15, 0.2) is 35.5 Å². The lowest BCUT2D eigenvalue weighted by Gasteiger charge is -2.07. The van der Waals surface area contributed by atoms with Gasteiger partial charge in [0, 0.05) is 11.8 Å². The van der Waals surface area contributed by atoms with Gasteiger partial charge in [-0.2, -0.15) is 0 Å². The first kappa shape index (κ1) is 16.5. The number of esters is 1. The highest BCUT2D eigenvalue weighted by Crippen LogP contribution is 2.22. The van der Waals surface area contributed by atoms with Gasteiger partial charge in [-0.05, 0) is 31.2 Å². The van der Waals surface area contributed by atoms with E-state index in [1.807, 2.05) is 0 Å². The van der Waals surface area contributed by atoms with Crippen molar-refractivity contribution in [2.45, 2.75) is 12.1 Å². The minimum absolute atomic E-state index is 0.101. The van der Waals surface area contributed by atoms with Gasteiger partial charge in [-0.25, -0.2) is 14.4 Å². The number of ether oxygens (including phenoxy) is 1. The smallest absolute Gasteiger partial charge is 0.316 e. The van der Waals surface area contributed by atoms with Crippen LogP contribution in [0.5, 0.6) is 0 Å². The molecule has 8 heteroatoms. The molecule has 2 rings (SSSR count). The first-order valence-corrected chi connectivity index (χ1v) is 7.79. The third-order valence-electron chi connectivity index (χ3n) is 2.42. The molecule has 0 radical (unpaired) electrons. The molecule has 5 nitrogen and oxygen atoms in total. The van der Waals surface area contributed by atoms with Crippen LogP contribution in [0.25, 0.3) is 0 Å². The van der Waals surface area contributed by atoms with Crippen molar-refractivity contribution in [1.82, 2.24) is 9.97 Å². The first-order chi connectivity index (χ1) is 10.6. The Balaban J connectivity index is 2.06. The minimum atomic E-state index is -0.343. The number of hydrogen-bond acceptors (Lipinski definition) is 6. The average molecular weight is 342 g/mol. The van der Waals surface area contributed by atoms with Gasteiger partial charge in [-0.15, -0.1) is 0 Å². The summed E-state index contributed by atoms with van der Waals surface area (Å²) < 4.78 is 17.7. The quantitative estimate of drug-likeness (QED) is 0.374. The second-order valence-electron chi connectivity index (χ2n) is 4.08. The summed E-state index contributed by atoms with van der Waals surface area (Å²) in [6.07, 6.45) is 0. The van der Waals surface area contributed by atoms with Gasteiger partial charge in [0.2, 0.25) is 0 Å². The lowest BCUT2D eigenvalue weighted by atomic mass is 10.3. The summed E-state index contributed by atoms with van der Waals surface area (Å²) >= 11 is 7.07. The summed E-state index contributed by atoms with van der Waals surface area (Å²) in [5.74, 6) is -0.108. The zero-order valence-electron chi connectivity index (χ0n) is 11.7. The molecule has 1 heterocycles. The van der Waals surface area contributed by atoms with Gasteiger partial charge < -0.3 is 10.1 Å². The van der Waals surface area contributed by atoms with Crippen LogP contribution in [0, 0.1) is 5.82 Å². The topological polar surface area (TPSA) is 64.1 Å². The Kier molecular flexibility index (Phi) is 5.97. The minimum Gasteiger partial charge on any atom is -0.465 e. The fraction of sp³-hybridized carbons (Fsp3) is 0.214. The fourth-order valence-electron chi connectivity index (χ4n) is 1.53. The molecule has 0 bridgehead atoms. The number of halogens is 2. The number of carbonyl (C=O) groups excluding carboxylic acids is 1. The van der Waals surface area contributed by atoms with Crippen molar-refractivity contribution in [1.29, 1.82) is 0 Å². The fourth-order valence-corrected chi connectivity index (χ4v) is 2.42. The molecule has 1 aromatic carbocycles. The molecule has 0 atom stereocenters. The van der Waals surface area contributed by atoms with Crippen LogP contribution in [0.2, 0.25) is 5.15 Å². The largest absolute Gasteiger partial charge is 0.465 e. The summed E-state index contributed by atoms with van der Waals surface area (Å²) in [4.78, 5) is 19.6. The molecule has 1 N–H and O–H groups in total. The van der Waals surface area contributed by atoms with E-state index < -0.39 is 0 Å².